The van der Waals surface area contributed by atoms with E-state index >= 15 is 0 Å². The topological polar surface area (TPSA) is 102 Å². The number of para-hydroxylation sites is 1. The van der Waals surface area contributed by atoms with E-state index in [9.17, 15) is 31.2 Å². The van der Waals surface area contributed by atoms with E-state index in [0.29, 0.717) is 17.9 Å². The molecule has 4 aromatic rings. The van der Waals surface area contributed by atoms with Crippen LogP contribution in [0.1, 0.15) is 26.3 Å². The summed E-state index contributed by atoms with van der Waals surface area (Å²) in [5, 5.41) is 2.48. The average Bonchev–Trinajstić information content (AvgIpc) is 2.91. The van der Waals surface area contributed by atoms with Crippen molar-refractivity contribution in [2.75, 3.05) is 5.32 Å². The Labute approximate surface area is 215 Å². The summed E-state index contributed by atoms with van der Waals surface area (Å²) in [6.07, 6.45) is 0. The van der Waals surface area contributed by atoms with Crippen LogP contribution in [0, 0.1) is 17.5 Å². The van der Waals surface area contributed by atoms with Crippen LogP contribution in [0.15, 0.2) is 95.9 Å². The SMILES string of the molecule is O=C(Nc1ccccc1S(=O)(=O)NC(=O)c1cc(F)c(F)c(F)c1)c1cccc(OCc2ccccc2)c1. The van der Waals surface area contributed by atoms with Gasteiger partial charge in [0.05, 0.1) is 5.69 Å². The highest BCUT2D eigenvalue weighted by atomic mass is 32.2. The van der Waals surface area contributed by atoms with Crippen molar-refractivity contribution in [3.63, 3.8) is 0 Å². The molecule has 2 N–H and O–H groups in total. The van der Waals surface area contributed by atoms with E-state index in [4.69, 9.17) is 4.74 Å². The quantitative estimate of drug-likeness (QED) is 0.305. The second-order valence-corrected chi connectivity index (χ2v) is 9.59. The molecular formula is C27H19F3N2O5S. The highest BCUT2D eigenvalue weighted by Crippen LogP contribution is 2.23. The van der Waals surface area contributed by atoms with Gasteiger partial charge in [-0.3, -0.25) is 9.59 Å². The molecule has 0 saturated carbocycles. The Morgan fingerprint density at radius 1 is 0.737 bits per heavy atom. The number of amides is 2. The van der Waals surface area contributed by atoms with Crippen LogP contribution in [0.4, 0.5) is 18.9 Å². The number of hydrogen-bond donors (Lipinski definition) is 2. The Bertz CT molecular complexity index is 1590. The summed E-state index contributed by atoms with van der Waals surface area (Å²) in [5.74, 6) is -6.76. The number of sulfonamides is 1. The Balaban J connectivity index is 1.51. The third kappa shape index (κ3) is 6.19. The molecule has 2 amide bonds. The minimum atomic E-state index is -4.63. The molecule has 0 radical (unpaired) electrons. The molecule has 38 heavy (non-hydrogen) atoms. The lowest BCUT2D eigenvalue weighted by atomic mass is 10.2. The molecule has 0 aliphatic rings. The van der Waals surface area contributed by atoms with Gasteiger partial charge in [0.15, 0.2) is 17.5 Å². The fraction of sp³-hybridized carbons (Fsp3) is 0.0370. The molecule has 0 aliphatic heterocycles. The third-order valence-corrected chi connectivity index (χ3v) is 6.63. The molecular weight excluding hydrogens is 521 g/mol. The number of carbonyl (C=O) groups excluding carboxylic acids is 2. The van der Waals surface area contributed by atoms with Crippen molar-refractivity contribution in [1.29, 1.82) is 0 Å². The zero-order valence-corrected chi connectivity index (χ0v) is 20.3. The van der Waals surface area contributed by atoms with Crippen molar-refractivity contribution in [2.24, 2.45) is 0 Å². The summed E-state index contributed by atoms with van der Waals surface area (Å²) in [4.78, 5) is 24.8. The number of benzene rings is 4. The minimum Gasteiger partial charge on any atom is -0.489 e. The van der Waals surface area contributed by atoms with E-state index in [1.54, 1.807) is 16.9 Å². The number of rotatable bonds is 8. The molecule has 0 bridgehead atoms. The van der Waals surface area contributed by atoms with Gasteiger partial charge >= 0.3 is 0 Å². The summed E-state index contributed by atoms with van der Waals surface area (Å²) in [5.41, 5.74) is 0.183. The van der Waals surface area contributed by atoms with E-state index in [-0.39, 0.29) is 17.9 Å². The van der Waals surface area contributed by atoms with Crippen LogP contribution in [0.2, 0.25) is 0 Å². The lowest BCUT2D eigenvalue weighted by Crippen LogP contribution is -2.31. The van der Waals surface area contributed by atoms with Gasteiger partial charge in [0, 0.05) is 11.1 Å². The van der Waals surface area contributed by atoms with E-state index in [2.05, 4.69) is 5.32 Å². The van der Waals surface area contributed by atoms with E-state index in [1.165, 1.54) is 30.3 Å². The predicted octanol–water partition coefficient (Wildman–Crippen LogP) is 5.05. The monoisotopic (exact) mass is 540 g/mol. The number of carbonyl (C=O) groups is 2. The van der Waals surface area contributed by atoms with Crippen LogP contribution in [0.5, 0.6) is 5.75 Å². The molecule has 0 atom stereocenters. The maximum absolute atomic E-state index is 13.5. The normalized spacial score (nSPS) is 11.0. The van der Waals surface area contributed by atoms with Gasteiger partial charge in [-0.15, -0.1) is 0 Å². The van der Waals surface area contributed by atoms with Gasteiger partial charge in [-0.05, 0) is 48.0 Å². The molecule has 7 nitrogen and oxygen atoms in total. The van der Waals surface area contributed by atoms with Crippen molar-refractivity contribution in [3.05, 3.63) is 125 Å². The van der Waals surface area contributed by atoms with Gasteiger partial charge in [-0.2, -0.15) is 0 Å². The van der Waals surface area contributed by atoms with E-state index in [1.807, 2.05) is 30.3 Å². The van der Waals surface area contributed by atoms with Crippen LogP contribution in [-0.2, 0) is 16.6 Å². The standard InChI is InChI=1S/C27H19F3N2O5S/c28-21-14-19(15-22(29)25(21)30)27(34)32-38(35,36)24-12-5-4-11-23(24)31-26(33)18-9-6-10-20(13-18)37-16-17-7-2-1-3-8-17/h1-15H,16H2,(H,31,33)(H,32,34). The van der Waals surface area contributed by atoms with Crippen LogP contribution in [0.25, 0.3) is 0 Å². The molecule has 0 aromatic heterocycles. The highest BCUT2D eigenvalue weighted by Gasteiger charge is 2.24. The fourth-order valence-electron chi connectivity index (χ4n) is 3.39. The first-order chi connectivity index (χ1) is 18.1. The summed E-state index contributed by atoms with van der Waals surface area (Å²) in [6.45, 7) is 0.272. The van der Waals surface area contributed by atoms with E-state index < -0.39 is 49.7 Å². The molecule has 0 saturated heterocycles. The Kier molecular flexibility index (Phi) is 7.77. The zero-order chi connectivity index (χ0) is 27.3. The summed E-state index contributed by atoms with van der Waals surface area (Å²) in [7, 11) is -4.63. The number of halogens is 3. The maximum atomic E-state index is 13.5. The largest absolute Gasteiger partial charge is 0.489 e. The second kappa shape index (κ2) is 11.2. The third-order valence-electron chi connectivity index (χ3n) is 5.24. The summed E-state index contributed by atoms with van der Waals surface area (Å²) in [6, 6.07) is 21.6. The van der Waals surface area contributed by atoms with Crippen LogP contribution in [0.3, 0.4) is 0 Å². The molecule has 4 aromatic carbocycles. The molecule has 11 heteroatoms. The van der Waals surface area contributed by atoms with Crippen LogP contribution in [-0.4, -0.2) is 20.2 Å². The first-order valence-electron chi connectivity index (χ1n) is 11.0. The maximum Gasteiger partial charge on any atom is 0.266 e. The molecule has 0 fully saturated rings. The van der Waals surface area contributed by atoms with Gasteiger partial charge in [-0.1, -0.05) is 48.5 Å². The zero-order valence-electron chi connectivity index (χ0n) is 19.5. The molecule has 0 spiro atoms. The molecule has 194 valence electrons. The van der Waals surface area contributed by atoms with Gasteiger partial charge in [0.1, 0.15) is 17.3 Å². The molecule has 0 unspecified atom stereocenters. The second-order valence-electron chi connectivity index (χ2n) is 7.94. The Morgan fingerprint density at radius 2 is 1.39 bits per heavy atom. The van der Waals surface area contributed by atoms with Crippen molar-refractivity contribution in [2.45, 2.75) is 11.5 Å². The summed E-state index contributed by atoms with van der Waals surface area (Å²) < 4.78 is 73.3. The summed E-state index contributed by atoms with van der Waals surface area (Å²) >= 11 is 0. The molecule has 4 rings (SSSR count). The molecule has 0 aliphatic carbocycles. The van der Waals surface area contributed by atoms with Crippen LogP contribution >= 0.6 is 0 Å². The van der Waals surface area contributed by atoms with Crippen molar-refractivity contribution in [3.8, 4) is 5.75 Å². The van der Waals surface area contributed by atoms with Crippen molar-refractivity contribution < 1.29 is 35.9 Å². The number of ether oxygens (including phenoxy) is 1. The lowest BCUT2D eigenvalue weighted by Gasteiger charge is -2.13. The van der Waals surface area contributed by atoms with Gasteiger partial charge in [0.25, 0.3) is 21.8 Å². The Morgan fingerprint density at radius 3 is 2.11 bits per heavy atom. The van der Waals surface area contributed by atoms with E-state index in [0.717, 1.165) is 11.6 Å². The number of anilines is 1. The number of hydrogen-bond acceptors (Lipinski definition) is 5. The Hall–Kier alpha value is -4.64. The van der Waals surface area contributed by atoms with Crippen molar-refractivity contribution in [1.82, 2.24) is 4.72 Å². The van der Waals surface area contributed by atoms with Gasteiger partial charge in [0.2, 0.25) is 0 Å². The van der Waals surface area contributed by atoms with Gasteiger partial charge < -0.3 is 10.1 Å². The highest BCUT2D eigenvalue weighted by molar-refractivity contribution is 7.90. The first-order valence-corrected chi connectivity index (χ1v) is 12.5. The molecule has 0 heterocycles. The lowest BCUT2D eigenvalue weighted by molar-refractivity contribution is 0.0979. The predicted molar refractivity (Wildman–Crippen MR) is 133 cm³/mol. The number of nitrogens with one attached hydrogen (secondary N) is 2. The fourth-order valence-corrected chi connectivity index (χ4v) is 4.53. The van der Waals surface area contributed by atoms with Crippen molar-refractivity contribution >= 4 is 27.5 Å². The van der Waals surface area contributed by atoms with Gasteiger partial charge in [-0.25, -0.2) is 26.3 Å². The van der Waals surface area contributed by atoms with Crippen LogP contribution < -0.4 is 14.8 Å². The first kappa shape index (κ1) is 26.4. The smallest absolute Gasteiger partial charge is 0.266 e. The average molecular weight is 541 g/mol. The minimum absolute atomic E-state index is 0.162.